The highest BCUT2D eigenvalue weighted by Crippen LogP contribution is 2.23. The molecule has 0 fully saturated rings. The number of nitriles is 1. The first-order valence-corrected chi connectivity index (χ1v) is 8.27. The molecule has 0 unspecified atom stereocenters. The Hall–Kier alpha value is -2.65. The van der Waals surface area contributed by atoms with Crippen LogP contribution < -0.4 is 5.32 Å². The topological polar surface area (TPSA) is 74.0 Å². The monoisotopic (exact) mass is 339 g/mol. The van der Waals surface area contributed by atoms with Crippen LogP contribution in [0.2, 0.25) is 0 Å². The Labute approximate surface area is 149 Å². The number of rotatable bonds is 5. The largest absolute Gasteiger partial charge is 0.308 e. The van der Waals surface area contributed by atoms with Gasteiger partial charge >= 0.3 is 0 Å². The third kappa shape index (κ3) is 4.46. The molecule has 0 saturated heterocycles. The summed E-state index contributed by atoms with van der Waals surface area (Å²) in [6.45, 7) is 8.77. The van der Waals surface area contributed by atoms with Crippen LogP contribution in [0.3, 0.4) is 0 Å². The van der Waals surface area contributed by atoms with Gasteiger partial charge in [0.05, 0.1) is 18.4 Å². The van der Waals surface area contributed by atoms with E-state index < -0.39 is 0 Å². The number of likely N-dealkylation sites (N-methyl/N-ethyl adjacent to an activating group) is 1. The van der Waals surface area contributed by atoms with Crippen molar-refractivity contribution in [3.8, 4) is 11.8 Å². The van der Waals surface area contributed by atoms with E-state index in [4.69, 9.17) is 0 Å². The zero-order chi connectivity index (χ0) is 18.6. The second-order valence-electron chi connectivity index (χ2n) is 7.27. The molecule has 0 aliphatic heterocycles. The van der Waals surface area contributed by atoms with Gasteiger partial charge in [0.1, 0.15) is 11.6 Å². The first-order valence-electron chi connectivity index (χ1n) is 8.27. The third-order valence-corrected chi connectivity index (χ3v) is 4.46. The summed E-state index contributed by atoms with van der Waals surface area (Å²) in [4.78, 5) is 14.5. The van der Waals surface area contributed by atoms with Crippen LogP contribution in [-0.2, 0) is 4.79 Å². The van der Waals surface area contributed by atoms with Gasteiger partial charge in [0.15, 0.2) is 5.82 Å². The van der Waals surface area contributed by atoms with Crippen LogP contribution in [-0.4, -0.2) is 40.2 Å². The predicted octanol–water partition coefficient (Wildman–Crippen LogP) is 3.05. The number of carbonyl (C=O) groups excluding carboxylic acids is 1. The molecule has 1 N–H and O–H groups in total. The summed E-state index contributed by atoms with van der Waals surface area (Å²) in [5.41, 5.74) is 1.19. The van der Waals surface area contributed by atoms with Crippen molar-refractivity contribution in [2.75, 3.05) is 18.9 Å². The number of para-hydroxylation sites is 1. The van der Waals surface area contributed by atoms with Crippen molar-refractivity contribution in [2.45, 2.75) is 33.7 Å². The Morgan fingerprint density at radius 3 is 2.56 bits per heavy atom. The molecule has 2 rings (SSSR count). The minimum atomic E-state index is -0.173. The Morgan fingerprint density at radius 1 is 1.36 bits per heavy atom. The Balaban J connectivity index is 2.19. The van der Waals surface area contributed by atoms with Crippen molar-refractivity contribution < 1.29 is 4.79 Å². The third-order valence-electron chi connectivity index (χ3n) is 4.46. The lowest BCUT2D eigenvalue weighted by molar-refractivity contribution is -0.117. The summed E-state index contributed by atoms with van der Waals surface area (Å²) in [5.74, 6) is 0.225. The van der Waals surface area contributed by atoms with Crippen molar-refractivity contribution in [2.24, 2.45) is 5.41 Å². The Bertz CT molecular complexity index is 767. The lowest BCUT2D eigenvalue weighted by atomic mass is 9.87. The smallest absolute Gasteiger partial charge is 0.239 e. The maximum atomic E-state index is 12.5. The summed E-state index contributed by atoms with van der Waals surface area (Å²) in [6, 6.07) is 11.7. The van der Waals surface area contributed by atoms with Gasteiger partial charge in [-0.3, -0.25) is 9.69 Å². The average molecular weight is 339 g/mol. The van der Waals surface area contributed by atoms with Crippen LogP contribution in [0, 0.1) is 16.7 Å². The van der Waals surface area contributed by atoms with Gasteiger partial charge in [-0.1, -0.05) is 39.0 Å². The van der Waals surface area contributed by atoms with E-state index in [2.05, 4.69) is 44.2 Å². The minimum absolute atomic E-state index is 0.0681. The molecule has 0 aliphatic carbocycles. The molecule has 6 heteroatoms. The zero-order valence-corrected chi connectivity index (χ0v) is 15.4. The first-order chi connectivity index (χ1) is 11.7. The fourth-order valence-electron chi connectivity index (χ4n) is 2.51. The number of anilines is 1. The van der Waals surface area contributed by atoms with Crippen LogP contribution in [0.15, 0.2) is 36.5 Å². The van der Waals surface area contributed by atoms with Crippen molar-refractivity contribution in [3.63, 3.8) is 0 Å². The molecular weight excluding hydrogens is 314 g/mol. The molecule has 0 aliphatic rings. The van der Waals surface area contributed by atoms with E-state index in [0.29, 0.717) is 11.4 Å². The summed E-state index contributed by atoms with van der Waals surface area (Å²) in [5, 5.41) is 16.4. The highest BCUT2D eigenvalue weighted by atomic mass is 16.2. The second-order valence-corrected chi connectivity index (χ2v) is 7.27. The molecule has 132 valence electrons. The molecule has 6 nitrogen and oxygen atoms in total. The van der Waals surface area contributed by atoms with Crippen molar-refractivity contribution in [1.82, 2.24) is 14.7 Å². The summed E-state index contributed by atoms with van der Waals surface area (Å²) >= 11 is 0. The molecule has 1 heterocycles. The van der Waals surface area contributed by atoms with E-state index in [1.54, 1.807) is 4.68 Å². The number of nitrogens with one attached hydrogen (secondary N) is 1. The highest BCUT2D eigenvalue weighted by molar-refractivity contribution is 5.92. The maximum Gasteiger partial charge on any atom is 0.239 e. The molecule has 0 saturated carbocycles. The number of hydrogen-bond donors (Lipinski definition) is 1. The lowest BCUT2D eigenvalue weighted by Gasteiger charge is -2.34. The number of aromatic nitrogens is 2. The number of amides is 1. The van der Waals surface area contributed by atoms with Crippen LogP contribution >= 0.6 is 0 Å². The van der Waals surface area contributed by atoms with E-state index in [1.807, 2.05) is 42.3 Å². The number of nitrogens with zero attached hydrogens (tertiary/aromatic N) is 4. The average Bonchev–Trinajstić information content (AvgIpc) is 2.96. The number of carbonyl (C=O) groups is 1. The standard InChI is InChI=1S/C19H25N5O/c1-14(19(2,3)4)23(5)13-17(25)22-18-15(11-20)12-21-24(18)16-9-7-6-8-10-16/h6-10,12,14H,13H2,1-5H3,(H,22,25)/t14-/m1/s1. The molecule has 25 heavy (non-hydrogen) atoms. The molecule has 1 aromatic heterocycles. The van der Waals surface area contributed by atoms with Crippen molar-refractivity contribution >= 4 is 11.7 Å². The lowest BCUT2D eigenvalue weighted by Crippen LogP contribution is -2.43. The van der Waals surface area contributed by atoms with Crippen LogP contribution in [0.1, 0.15) is 33.3 Å². The zero-order valence-electron chi connectivity index (χ0n) is 15.4. The number of hydrogen-bond acceptors (Lipinski definition) is 4. The summed E-state index contributed by atoms with van der Waals surface area (Å²) in [6.07, 6.45) is 1.46. The van der Waals surface area contributed by atoms with E-state index in [-0.39, 0.29) is 23.9 Å². The van der Waals surface area contributed by atoms with Gasteiger partial charge in [0.25, 0.3) is 0 Å². The van der Waals surface area contributed by atoms with Gasteiger partial charge in [-0.05, 0) is 31.5 Å². The Kier molecular flexibility index (Phi) is 5.60. The van der Waals surface area contributed by atoms with Crippen LogP contribution in [0.5, 0.6) is 0 Å². The van der Waals surface area contributed by atoms with Crippen molar-refractivity contribution in [3.05, 3.63) is 42.1 Å². The first kappa shape index (κ1) is 18.7. The summed E-state index contributed by atoms with van der Waals surface area (Å²) in [7, 11) is 1.93. The van der Waals surface area contributed by atoms with E-state index in [9.17, 15) is 10.1 Å². The van der Waals surface area contributed by atoms with Gasteiger partial charge in [0.2, 0.25) is 5.91 Å². The molecule has 0 spiro atoms. The molecule has 2 aromatic rings. The molecule has 0 bridgehead atoms. The fourth-order valence-corrected chi connectivity index (χ4v) is 2.51. The number of benzene rings is 1. The normalized spacial score (nSPS) is 12.7. The predicted molar refractivity (Wildman–Crippen MR) is 98.5 cm³/mol. The molecule has 0 radical (unpaired) electrons. The Morgan fingerprint density at radius 2 is 2.00 bits per heavy atom. The molecule has 1 amide bonds. The van der Waals surface area contributed by atoms with Gasteiger partial charge in [-0.15, -0.1) is 0 Å². The quantitative estimate of drug-likeness (QED) is 0.908. The molecular formula is C19H25N5O. The van der Waals surface area contributed by atoms with E-state index in [0.717, 1.165) is 5.69 Å². The van der Waals surface area contributed by atoms with Gasteiger partial charge in [0, 0.05) is 6.04 Å². The van der Waals surface area contributed by atoms with Gasteiger partial charge < -0.3 is 5.32 Å². The molecule has 1 aromatic carbocycles. The van der Waals surface area contributed by atoms with Crippen LogP contribution in [0.4, 0.5) is 5.82 Å². The van der Waals surface area contributed by atoms with Crippen molar-refractivity contribution in [1.29, 1.82) is 5.26 Å². The summed E-state index contributed by atoms with van der Waals surface area (Å²) < 4.78 is 1.57. The van der Waals surface area contributed by atoms with Gasteiger partial charge in [-0.25, -0.2) is 4.68 Å². The minimum Gasteiger partial charge on any atom is -0.308 e. The van der Waals surface area contributed by atoms with Crippen LogP contribution in [0.25, 0.3) is 5.69 Å². The highest BCUT2D eigenvalue weighted by Gasteiger charge is 2.25. The van der Waals surface area contributed by atoms with E-state index >= 15 is 0 Å². The molecule has 1 atom stereocenters. The van der Waals surface area contributed by atoms with E-state index in [1.165, 1.54) is 6.20 Å². The fraction of sp³-hybridized carbons (Fsp3) is 0.421. The maximum absolute atomic E-state index is 12.5. The van der Waals surface area contributed by atoms with Gasteiger partial charge in [-0.2, -0.15) is 10.4 Å². The second kappa shape index (κ2) is 7.49. The SMILES string of the molecule is C[C@@H](N(C)CC(=O)Nc1c(C#N)cnn1-c1ccccc1)C(C)(C)C.